The Labute approximate surface area is 183 Å². The van der Waals surface area contributed by atoms with Gasteiger partial charge in [0.25, 0.3) is 11.6 Å². The zero-order valence-electron chi connectivity index (χ0n) is 15.4. The number of non-ortho nitro benzene ring substituents is 1. The van der Waals surface area contributed by atoms with E-state index >= 15 is 0 Å². The number of hydrogen-bond donors (Lipinski definition) is 2. The lowest BCUT2D eigenvalue weighted by molar-refractivity contribution is -0.384. The molecule has 3 unspecified atom stereocenters. The number of nitro benzene ring substituents is 1. The van der Waals surface area contributed by atoms with Gasteiger partial charge in [0.15, 0.2) is 0 Å². The Hall–Kier alpha value is -2.82. The minimum Gasteiger partial charge on any atom is -0.363 e. The zero-order chi connectivity index (χ0) is 22.5. The summed E-state index contributed by atoms with van der Waals surface area (Å²) in [5, 5.41) is 15.0. The van der Waals surface area contributed by atoms with E-state index in [9.17, 15) is 28.1 Å². The van der Waals surface area contributed by atoms with Crippen LogP contribution < -0.4 is 10.7 Å². The molecule has 162 valence electrons. The minimum absolute atomic E-state index is 0.0896. The van der Waals surface area contributed by atoms with Crippen LogP contribution >= 0.6 is 23.2 Å². The molecule has 2 aromatic carbocycles. The third-order valence-corrected chi connectivity index (χ3v) is 5.87. The van der Waals surface area contributed by atoms with E-state index in [2.05, 4.69) is 10.7 Å². The van der Waals surface area contributed by atoms with Crippen molar-refractivity contribution in [1.82, 2.24) is 15.8 Å². The Morgan fingerprint density at radius 2 is 1.74 bits per heavy atom. The average molecular weight is 473 g/mol. The zero-order valence-corrected chi connectivity index (χ0v) is 16.9. The lowest BCUT2D eigenvalue weighted by atomic mass is 9.89. The Bertz CT molecular complexity index is 1090. The Balaban J connectivity index is 1.73. The highest BCUT2D eigenvalue weighted by molar-refractivity contribution is 6.42. The molecule has 1 saturated heterocycles. The smallest absolute Gasteiger partial charge is 0.363 e. The molecule has 2 aromatic rings. The van der Waals surface area contributed by atoms with E-state index < -0.39 is 35.1 Å². The quantitative estimate of drug-likeness (QED) is 0.515. The fourth-order valence-corrected chi connectivity index (χ4v) is 4.01. The van der Waals surface area contributed by atoms with Crippen molar-refractivity contribution in [2.24, 2.45) is 0 Å². The maximum absolute atomic E-state index is 13.8. The Morgan fingerprint density at radius 1 is 1.06 bits per heavy atom. The second kappa shape index (κ2) is 7.70. The number of halogens is 5. The number of rotatable bonds is 3. The van der Waals surface area contributed by atoms with Gasteiger partial charge in [-0.3, -0.25) is 19.9 Å². The van der Waals surface area contributed by atoms with Crippen molar-refractivity contribution in [3.8, 4) is 0 Å². The highest BCUT2D eigenvalue weighted by Crippen LogP contribution is 2.42. The minimum atomic E-state index is -4.66. The van der Waals surface area contributed by atoms with E-state index in [1.54, 1.807) is 0 Å². The number of benzene rings is 2. The van der Waals surface area contributed by atoms with Gasteiger partial charge in [-0.15, -0.1) is 0 Å². The summed E-state index contributed by atoms with van der Waals surface area (Å²) in [6.45, 7) is 0. The topological polar surface area (TPSA) is 87.5 Å². The molecule has 31 heavy (non-hydrogen) atoms. The first-order chi connectivity index (χ1) is 14.6. The van der Waals surface area contributed by atoms with Gasteiger partial charge >= 0.3 is 6.18 Å². The number of fused-ring (bicyclic) bond motifs is 1. The second-order valence-electron chi connectivity index (χ2n) is 7.01. The predicted molar refractivity (Wildman–Crippen MR) is 107 cm³/mol. The number of hydrazine groups is 1. The molecule has 2 aliphatic heterocycles. The maximum Gasteiger partial charge on any atom is 0.406 e. The first kappa shape index (κ1) is 21.4. The van der Waals surface area contributed by atoms with Crippen LogP contribution in [-0.2, 0) is 4.79 Å². The average Bonchev–Trinajstić information content (AvgIpc) is 3.11. The first-order valence-corrected chi connectivity index (χ1v) is 9.66. The summed E-state index contributed by atoms with van der Waals surface area (Å²) >= 11 is 11.9. The molecule has 12 heteroatoms. The highest BCUT2D eigenvalue weighted by atomic mass is 35.5. The molecule has 4 rings (SSSR count). The summed E-state index contributed by atoms with van der Waals surface area (Å²) in [5.41, 5.74) is 3.00. The number of alkyl halides is 3. The monoisotopic (exact) mass is 472 g/mol. The van der Waals surface area contributed by atoms with Crippen LogP contribution in [0.4, 0.5) is 18.9 Å². The van der Waals surface area contributed by atoms with Crippen LogP contribution in [0.15, 0.2) is 48.5 Å². The van der Waals surface area contributed by atoms with Gasteiger partial charge in [0.05, 0.1) is 20.9 Å². The third kappa shape index (κ3) is 3.93. The maximum atomic E-state index is 13.8. The number of carbonyl (C=O) groups is 1. The van der Waals surface area contributed by atoms with Crippen molar-refractivity contribution in [2.75, 3.05) is 0 Å². The molecular formula is C19H13Cl2F3N4O3. The van der Waals surface area contributed by atoms with Gasteiger partial charge in [-0.1, -0.05) is 29.3 Å². The van der Waals surface area contributed by atoms with Gasteiger partial charge in [-0.2, -0.15) is 13.2 Å². The van der Waals surface area contributed by atoms with Crippen LogP contribution in [0.3, 0.4) is 0 Å². The highest BCUT2D eigenvalue weighted by Gasteiger charge is 2.57. The van der Waals surface area contributed by atoms with Crippen LogP contribution in [0.1, 0.15) is 17.0 Å². The fourth-order valence-electron chi connectivity index (χ4n) is 3.70. The van der Waals surface area contributed by atoms with E-state index in [1.807, 2.05) is 0 Å². The molecule has 7 nitrogen and oxygen atoms in total. The largest absolute Gasteiger partial charge is 0.406 e. The molecule has 1 amide bonds. The molecular weight excluding hydrogens is 460 g/mol. The molecule has 0 spiro atoms. The molecule has 2 N–H and O–H groups in total. The standard InChI is InChI=1S/C19H13Cl2F3N4O3/c20-12-6-3-10(7-13(12)21)16-17(19(22,23)24)26-27-15(29)8-14(25-18(16)27)9-1-4-11(5-2-9)28(30)31/h1-8,16-18,25-26H. The molecule has 0 aromatic heterocycles. The summed E-state index contributed by atoms with van der Waals surface area (Å²) in [4.78, 5) is 22.9. The Kier molecular flexibility index (Phi) is 5.32. The van der Waals surface area contributed by atoms with Crippen LogP contribution in [-0.4, -0.2) is 34.2 Å². The lowest BCUT2D eigenvalue weighted by Crippen LogP contribution is -2.53. The van der Waals surface area contributed by atoms with Crippen molar-refractivity contribution >= 4 is 40.5 Å². The van der Waals surface area contributed by atoms with E-state index in [1.165, 1.54) is 42.5 Å². The molecule has 2 heterocycles. The number of hydrogen-bond acceptors (Lipinski definition) is 5. The fraction of sp³-hybridized carbons (Fsp3) is 0.211. The van der Waals surface area contributed by atoms with Gasteiger partial charge in [-0.25, -0.2) is 5.43 Å². The summed E-state index contributed by atoms with van der Waals surface area (Å²) in [7, 11) is 0. The van der Waals surface area contributed by atoms with Crippen LogP contribution in [0.25, 0.3) is 5.70 Å². The van der Waals surface area contributed by atoms with Crippen LogP contribution in [0.2, 0.25) is 10.0 Å². The summed E-state index contributed by atoms with van der Waals surface area (Å²) in [6, 6.07) is 7.43. The molecule has 0 radical (unpaired) electrons. The van der Waals surface area contributed by atoms with Gasteiger partial charge in [0, 0.05) is 23.9 Å². The number of nitro groups is 1. The van der Waals surface area contributed by atoms with E-state index in [0.717, 1.165) is 11.1 Å². The van der Waals surface area contributed by atoms with E-state index in [0.29, 0.717) is 5.56 Å². The van der Waals surface area contributed by atoms with Gasteiger partial charge < -0.3 is 5.32 Å². The number of amides is 1. The molecule has 3 atom stereocenters. The summed E-state index contributed by atoms with van der Waals surface area (Å²) in [5.74, 6) is -1.92. The lowest BCUT2D eigenvalue weighted by Gasteiger charge is -2.33. The van der Waals surface area contributed by atoms with Crippen molar-refractivity contribution < 1.29 is 22.9 Å². The van der Waals surface area contributed by atoms with Crippen LogP contribution in [0, 0.1) is 10.1 Å². The van der Waals surface area contributed by atoms with Gasteiger partial charge in [0.1, 0.15) is 12.2 Å². The predicted octanol–water partition coefficient (Wildman–Crippen LogP) is 4.23. The second-order valence-corrected chi connectivity index (χ2v) is 7.82. The summed E-state index contributed by atoms with van der Waals surface area (Å²) < 4.78 is 41.4. The molecule has 0 bridgehead atoms. The molecule has 2 aliphatic rings. The number of carbonyl (C=O) groups excluding carboxylic acids is 1. The van der Waals surface area contributed by atoms with Crippen molar-refractivity contribution in [2.45, 2.75) is 24.3 Å². The molecule has 0 saturated carbocycles. The number of nitrogens with zero attached hydrogens (tertiary/aromatic N) is 2. The molecule has 1 fully saturated rings. The SMILES string of the molecule is O=C1C=C(c2ccc([N+](=O)[O-])cc2)NC2C(c3ccc(Cl)c(Cl)c3)C(C(F)(F)F)NN12. The first-order valence-electron chi connectivity index (χ1n) is 8.90. The van der Waals surface area contributed by atoms with Gasteiger partial charge in [-0.05, 0) is 35.4 Å². The van der Waals surface area contributed by atoms with Crippen molar-refractivity contribution in [3.63, 3.8) is 0 Å². The normalized spacial score (nSPS) is 23.3. The van der Waals surface area contributed by atoms with E-state index in [4.69, 9.17) is 23.2 Å². The van der Waals surface area contributed by atoms with E-state index in [-0.39, 0.29) is 27.0 Å². The van der Waals surface area contributed by atoms with Crippen molar-refractivity contribution in [1.29, 1.82) is 0 Å². The van der Waals surface area contributed by atoms with Crippen LogP contribution in [0.5, 0.6) is 0 Å². The third-order valence-electron chi connectivity index (χ3n) is 5.13. The Morgan fingerprint density at radius 3 is 2.32 bits per heavy atom. The van der Waals surface area contributed by atoms with Crippen molar-refractivity contribution in [3.05, 3.63) is 79.8 Å². The van der Waals surface area contributed by atoms with Gasteiger partial charge in [0.2, 0.25) is 0 Å². The number of nitrogens with one attached hydrogen (secondary N) is 2. The molecule has 0 aliphatic carbocycles. The summed E-state index contributed by atoms with van der Waals surface area (Å²) in [6.07, 6.45) is -4.62.